The number of carbonyl (C=O) groups is 1. The van der Waals surface area contributed by atoms with Gasteiger partial charge in [-0.05, 0) is 42.3 Å². The molecule has 0 saturated heterocycles. The molecular formula is C20H17N3O2. The van der Waals surface area contributed by atoms with Gasteiger partial charge in [-0.1, -0.05) is 24.3 Å². The molecule has 0 fully saturated rings. The highest BCUT2D eigenvalue weighted by molar-refractivity contribution is 6.03. The number of hydrogen-bond donors (Lipinski definition) is 1. The Balaban J connectivity index is 2.01. The third-order valence-electron chi connectivity index (χ3n) is 3.88. The van der Waals surface area contributed by atoms with Crippen LogP contribution in [0.15, 0.2) is 53.0 Å². The molecule has 5 nitrogen and oxygen atoms in total. The Hall–Kier alpha value is -3.39. The molecule has 0 bridgehead atoms. The summed E-state index contributed by atoms with van der Waals surface area (Å²) < 4.78 is 5.07. The van der Waals surface area contributed by atoms with E-state index >= 15 is 0 Å². The summed E-state index contributed by atoms with van der Waals surface area (Å²) in [6, 6.07) is 15.2. The predicted molar refractivity (Wildman–Crippen MR) is 97.1 cm³/mol. The van der Waals surface area contributed by atoms with E-state index in [2.05, 4.69) is 11.1 Å². The van der Waals surface area contributed by atoms with Crippen LogP contribution < -0.4 is 5.73 Å². The molecule has 0 spiro atoms. The van der Waals surface area contributed by atoms with Crippen molar-refractivity contribution < 1.29 is 9.53 Å². The lowest BCUT2D eigenvalue weighted by molar-refractivity contribution is -0.138. The molecule has 1 heterocycles. The van der Waals surface area contributed by atoms with Crippen LogP contribution in [-0.2, 0) is 9.53 Å². The summed E-state index contributed by atoms with van der Waals surface area (Å²) in [6.45, 7) is 2.09. The minimum atomic E-state index is -0.371. The van der Waals surface area contributed by atoms with Crippen LogP contribution in [0.5, 0.6) is 0 Å². The number of rotatable bonds is 3. The fraction of sp³-hybridized carbons (Fsp3) is 0.150. The standard InChI is InChI=1S/C20H17N3O2/c1-2-25-20(24)17-9-16-8-7-15(10-18(16)23-19(22)11-17)14-5-3-13(12-21)4-6-14/h3-10H,2,11H2,1H3,(H2,22,23). The van der Waals surface area contributed by atoms with Crippen molar-refractivity contribution in [2.45, 2.75) is 13.3 Å². The number of nitrogens with two attached hydrogens (primary N) is 1. The highest BCUT2D eigenvalue weighted by Crippen LogP contribution is 2.31. The fourth-order valence-corrected chi connectivity index (χ4v) is 2.66. The van der Waals surface area contributed by atoms with Gasteiger partial charge in [-0.3, -0.25) is 0 Å². The Kier molecular flexibility index (Phi) is 4.62. The lowest BCUT2D eigenvalue weighted by Gasteiger charge is -2.06. The van der Waals surface area contributed by atoms with Crippen LogP contribution in [0.2, 0.25) is 0 Å². The average molecular weight is 331 g/mol. The number of esters is 1. The molecular weight excluding hydrogens is 314 g/mol. The minimum absolute atomic E-state index is 0.264. The second-order valence-corrected chi connectivity index (χ2v) is 5.63. The molecule has 0 radical (unpaired) electrons. The Morgan fingerprint density at radius 2 is 1.96 bits per heavy atom. The summed E-state index contributed by atoms with van der Waals surface area (Å²) >= 11 is 0. The van der Waals surface area contributed by atoms with Gasteiger partial charge in [0.25, 0.3) is 0 Å². The summed E-state index contributed by atoms with van der Waals surface area (Å²) in [7, 11) is 0. The largest absolute Gasteiger partial charge is 0.463 e. The smallest absolute Gasteiger partial charge is 0.334 e. The maximum Gasteiger partial charge on any atom is 0.334 e. The van der Waals surface area contributed by atoms with Gasteiger partial charge in [-0.25, -0.2) is 9.79 Å². The zero-order valence-corrected chi connectivity index (χ0v) is 13.8. The molecule has 0 saturated carbocycles. The third kappa shape index (κ3) is 3.59. The lowest BCUT2D eigenvalue weighted by Crippen LogP contribution is -2.16. The van der Waals surface area contributed by atoms with Crippen molar-refractivity contribution in [2.75, 3.05) is 6.61 Å². The number of benzene rings is 2. The van der Waals surface area contributed by atoms with Crippen LogP contribution >= 0.6 is 0 Å². The van der Waals surface area contributed by atoms with E-state index in [4.69, 9.17) is 15.7 Å². The van der Waals surface area contributed by atoms with Crippen LogP contribution in [0.1, 0.15) is 24.5 Å². The normalized spacial score (nSPS) is 13.0. The molecule has 124 valence electrons. The highest BCUT2D eigenvalue weighted by atomic mass is 16.5. The number of amidine groups is 1. The average Bonchev–Trinajstić information content (AvgIpc) is 2.79. The summed E-state index contributed by atoms with van der Waals surface area (Å²) in [5, 5.41) is 8.90. The summed E-state index contributed by atoms with van der Waals surface area (Å²) in [5.74, 6) is -0.000277. The number of ether oxygens (including phenoxy) is 1. The molecule has 3 rings (SSSR count). The van der Waals surface area contributed by atoms with E-state index in [9.17, 15) is 4.79 Å². The Labute approximate surface area is 146 Å². The quantitative estimate of drug-likeness (QED) is 0.871. The first-order valence-electron chi connectivity index (χ1n) is 7.96. The zero-order valence-electron chi connectivity index (χ0n) is 13.8. The molecule has 0 atom stereocenters. The van der Waals surface area contributed by atoms with E-state index in [1.165, 1.54) is 0 Å². The summed E-state index contributed by atoms with van der Waals surface area (Å²) in [5.41, 5.74) is 10.5. The molecule has 2 aromatic rings. The van der Waals surface area contributed by atoms with Crippen molar-refractivity contribution in [3.05, 3.63) is 59.2 Å². The molecule has 0 amide bonds. The van der Waals surface area contributed by atoms with Crippen LogP contribution in [0.4, 0.5) is 5.69 Å². The predicted octanol–water partition coefficient (Wildman–Crippen LogP) is 3.56. The van der Waals surface area contributed by atoms with Gasteiger partial charge in [0.05, 0.1) is 23.9 Å². The van der Waals surface area contributed by atoms with E-state index in [0.717, 1.165) is 16.7 Å². The number of nitriles is 1. The van der Waals surface area contributed by atoms with Gasteiger partial charge in [-0.15, -0.1) is 0 Å². The van der Waals surface area contributed by atoms with Gasteiger partial charge in [0.15, 0.2) is 0 Å². The van der Waals surface area contributed by atoms with Crippen molar-refractivity contribution in [2.24, 2.45) is 10.7 Å². The van der Waals surface area contributed by atoms with Crippen LogP contribution in [0.3, 0.4) is 0 Å². The molecule has 0 aliphatic carbocycles. The van der Waals surface area contributed by atoms with Gasteiger partial charge in [-0.2, -0.15) is 5.26 Å². The maximum absolute atomic E-state index is 12.0. The second-order valence-electron chi connectivity index (χ2n) is 5.63. The lowest BCUT2D eigenvalue weighted by atomic mass is 10.0. The monoisotopic (exact) mass is 331 g/mol. The molecule has 25 heavy (non-hydrogen) atoms. The van der Waals surface area contributed by atoms with Crippen molar-refractivity contribution in [3.63, 3.8) is 0 Å². The first-order chi connectivity index (χ1) is 12.1. The van der Waals surface area contributed by atoms with E-state index < -0.39 is 0 Å². The van der Waals surface area contributed by atoms with Crippen LogP contribution in [0, 0.1) is 11.3 Å². The van der Waals surface area contributed by atoms with Crippen LogP contribution in [0.25, 0.3) is 17.2 Å². The second kappa shape index (κ2) is 7.02. The van der Waals surface area contributed by atoms with Gasteiger partial charge in [0.1, 0.15) is 5.84 Å². The highest BCUT2D eigenvalue weighted by Gasteiger charge is 2.17. The number of fused-ring (bicyclic) bond motifs is 1. The Morgan fingerprint density at radius 1 is 1.24 bits per heavy atom. The van der Waals surface area contributed by atoms with Gasteiger partial charge in [0, 0.05) is 17.6 Å². The molecule has 1 aliphatic rings. The van der Waals surface area contributed by atoms with Crippen LogP contribution in [-0.4, -0.2) is 18.4 Å². The minimum Gasteiger partial charge on any atom is -0.463 e. The molecule has 0 unspecified atom stereocenters. The number of hydrogen-bond acceptors (Lipinski definition) is 5. The topological polar surface area (TPSA) is 88.5 Å². The van der Waals surface area contributed by atoms with Crippen molar-refractivity contribution in [3.8, 4) is 17.2 Å². The van der Waals surface area contributed by atoms with Gasteiger partial charge < -0.3 is 10.5 Å². The van der Waals surface area contributed by atoms with Gasteiger partial charge in [0.2, 0.25) is 0 Å². The molecule has 2 N–H and O–H groups in total. The number of carbonyl (C=O) groups excluding carboxylic acids is 1. The van der Waals surface area contributed by atoms with Gasteiger partial charge >= 0.3 is 5.97 Å². The number of nitrogens with zero attached hydrogens (tertiary/aromatic N) is 2. The molecule has 1 aliphatic heterocycles. The first kappa shape index (κ1) is 16.5. The van der Waals surface area contributed by atoms with Crippen molar-refractivity contribution in [1.82, 2.24) is 0 Å². The Morgan fingerprint density at radius 3 is 2.64 bits per heavy atom. The van der Waals surface area contributed by atoms with E-state index in [0.29, 0.717) is 29.3 Å². The molecule has 5 heteroatoms. The van der Waals surface area contributed by atoms with Crippen molar-refractivity contribution in [1.29, 1.82) is 5.26 Å². The first-order valence-corrected chi connectivity index (χ1v) is 7.96. The SMILES string of the molecule is CCOC(=O)C1=Cc2ccc(-c3ccc(C#N)cc3)cc2N=C(N)C1. The maximum atomic E-state index is 12.0. The summed E-state index contributed by atoms with van der Waals surface area (Å²) in [6.07, 6.45) is 2.04. The molecule has 0 aromatic heterocycles. The zero-order chi connectivity index (χ0) is 17.8. The van der Waals surface area contributed by atoms with E-state index in [-0.39, 0.29) is 12.4 Å². The van der Waals surface area contributed by atoms with E-state index in [1.807, 2.05) is 30.3 Å². The van der Waals surface area contributed by atoms with E-state index in [1.54, 1.807) is 25.1 Å². The van der Waals surface area contributed by atoms with Crippen molar-refractivity contribution >= 4 is 23.6 Å². The fourth-order valence-electron chi connectivity index (χ4n) is 2.66. The number of aliphatic imine (C=N–C) groups is 1. The third-order valence-corrected chi connectivity index (χ3v) is 3.88. The summed E-state index contributed by atoms with van der Waals surface area (Å²) in [4.78, 5) is 16.5. The Bertz CT molecular complexity index is 919. The molecule has 2 aromatic carbocycles.